The molecule has 0 aliphatic rings. The molecule has 0 aromatic heterocycles. The van der Waals surface area contributed by atoms with Crippen molar-refractivity contribution >= 4 is 5.97 Å². The summed E-state index contributed by atoms with van der Waals surface area (Å²) in [5, 5.41) is 18.6. The van der Waals surface area contributed by atoms with Crippen LogP contribution in [0.15, 0.2) is 0 Å². The van der Waals surface area contributed by atoms with Crippen molar-refractivity contribution in [2.24, 2.45) is 5.73 Å². The topological polar surface area (TPSA) is 92.8 Å². The lowest BCUT2D eigenvalue weighted by atomic mass is 10.0. The molecule has 0 aromatic rings. The van der Waals surface area contributed by atoms with Gasteiger partial charge in [0.05, 0.1) is 6.61 Å². The number of carbonyl (C=O) groups is 1. The van der Waals surface area contributed by atoms with Gasteiger partial charge in [-0.2, -0.15) is 0 Å². The van der Waals surface area contributed by atoms with Crippen molar-refractivity contribution in [1.82, 2.24) is 0 Å². The minimum absolute atomic E-state index is 0.306. The fourth-order valence-corrected chi connectivity index (χ4v) is 3.14. The van der Waals surface area contributed by atoms with E-state index in [2.05, 4.69) is 6.92 Å². The Morgan fingerprint density at radius 1 is 0.852 bits per heavy atom. The van der Waals surface area contributed by atoms with Crippen molar-refractivity contribution in [2.75, 3.05) is 6.61 Å². The predicted octanol–water partition coefficient (Wildman–Crippen LogP) is 4.82. The Morgan fingerprint density at radius 3 is 1.56 bits per heavy atom. The molecule has 0 aromatic carbocycles. The molecule has 0 saturated carbocycles. The molecule has 27 heavy (non-hydrogen) atoms. The van der Waals surface area contributed by atoms with E-state index in [-0.39, 0.29) is 0 Å². The number of hydrogen-bond acceptors (Lipinski definition) is 5. The van der Waals surface area contributed by atoms with Crippen LogP contribution in [0.4, 0.5) is 0 Å². The van der Waals surface area contributed by atoms with E-state index in [4.69, 9.17) is 10.5 Å². The third-order valence-electron chi connectivity index (χ3n) is 5.27. The molecule has 0 amide bonds. The second kappa shape index (κ2) is 17.4. The normalized spacial score (nSPS) is 14.7. The summed E-state index contributed by atoms with van der Waals surface area (Å²) >= 11 is 0. The van der Waals surface area contributed by atoms with Crippen LogP contribution >= 0.6 is 0 Å². The van der Waals surface area contributed by atoms with Crippen LogP contribution in [-0.2, 0) is 9.53 Å². The van der Waals surface area contributed by atoms with Gasteiger partial charge >= 0.3 is 5.97 Å². The summed E-state index contributed by atoms with van der Waals surface area (Å²) in [5.74, 6) is -0.411. The SMILES string of the molecule is CCCCCCCCCCCCCCCCCC(=O)OC(C)(CO)C(N)O. The Kier molecular flexibility index (Phi) is 17.0. The zero-order valence-corrected chi connectivity index (χ0v) is 17.9. The number of rotatable bonds is 19. The summed E-state index contributed by atoms with van der Waals surface area (Å²) in [6.45, 7) is 3.20. The number of nitrogens with two attached hydrogens (primary N) is 1. The van der Waals surface area contributed by atoms with Crippen molar-refractivity contribution in [1.29, 1.82) is 0 Å². The van der Waals surface area contributed by atoms with Crippen molar-refractivity contribution in [2.45, 2.75) is 128 Å². The molecular weight excluding hydrogens is 342 g/mol. The summed E-state index contributed by atoms with van der Waals surface area (Å²) in [6, 6.07) is 0. The van der Waals surface area contributed by atoms with Crippen LogP contribution in [0.25, 0.3) is 0 Å². The highest BCUT2D eigenvalue weighted by atomic mass is 16.6. The number of unbranched alkanes of at least 4 members (excludes halogenated alkanes) is 14. The number of ether oxygens (including phenoxy) is 1. The minimum atomic E-state index is -1.41. The zero-order valence-electron chi connectivity index (χ0n) is 17.9. The van der Waals surface area contributed by atoms with Gasteiger partial charge < -0.3 is 20.7 Å². The maximum atomic E-state index is 11.8. The smallest absolute Gasteiger partial charge is 0.306 e. The molecule has 5 heteroatoms. The monoisotopic (exact) mass is 387 g/mol. The average Bonchev–Trinajstić information content (AvgIpc) is 2.64. The van der Waals surface area contributed by atoms with Gasteiger partial charge in [-0.3, -0.25) is 4.79 Å². The summed E-state index contributed by atoms with van der Waals surface area (Å²) in [5.41, 5.74) is 3.92. The van der Waals surface area contributed by atoms with Gasteiger partial charge in [-0.15, -0.1) is 0 Å². The molecule has 2 atom stereocenters. The van der Waals surface area contributed by atoms with Crippen LogP contribution in [0.2, 0.25) is 0 Å². The van der Waals surface area contributed by atoms with Gasteiger partial charge in [0.2, 0.25) is 0 Å². The highest BCUT2D eigenvalue weighted by Gasteiger charge is 2.34. The highest BCUT2D eigenvalue weighted by Crippen LogP contribution is 2.16. The van der Waals surface area contributed by atoms with Crippen molar-refractivity contribution in [3.8, 4) is 0 Å². The van der Waals surface area contributed by atoms with Gasteiger partial charge in [-0.1, -0.05) is 96.8 Å². The van der Waals surface area contributed by atoms with Crippen LogP contribution in [0.1, 0.15) is 117 Å². The molecule has 0 bridgehead atoms. The number of esters is 1. The Balaban J connectivity index is 3.37. The summed E-state index contributed by atoms with van der Waals surface area (Å²) in [6.07, 6.45) is 18.1. The molecule has 0 heterocycles. The van der Waals surface area contributed by atoms with E-state index >= 15 is 0 Å². The fourth-order valence-electron chi connectivity index (χ4n) is 3.14. The van der Waals surface area contributed by atoms with E-state index in [1.807, 2.05) is 0 Å². The van der Waals surface area contributed by atoms with Gasteiger partial charge in [0, 0.05) is 6.42 Å². The lowest BCUT2D eigenvalue weighted by molar-refractivity contribution is -0.177. The van der Waals surface area contributed by atoms with E-state index in [0.29, 0.717) is 6.42 Å². The maximum Gasteiger partial charge on any atom is 0.306 e. The van der Waals surface area contributed by atoms with Gasteiger partial charge in [0.25, 0.3) is 0 Å². The third kappa shape index (κ3) is 15.0. The summed E-state index contributed by atoms with van der Waals surface area (Å²) in [4.78, 5) is 11.8. The predicted molar refractivity (Wildman–Crippen MR) is 111 cm³/mol. The zero-order chi connectivity index (χ0) is 20.4. The molecule has 0 aliphatic carbocycles. The number of carbonyl (C=O) groups excluding carboxylic acids is 1. The second-order valence-electron chi connectivity index (χ2n) is 8.09. The molecule has 2 unspecified atom stereocenters. The minimum Gasteiger partial charge on any atom is -0.453 e. The van der Waals surface area contributed by atoms with Crippen molar-refractivity contribution in [3.05, 3.63) is 0 Å². The standard InChI is InChI=1S/C22H45NO4/c1-3-4-5-6-7-8-9-10-11-12-13-14-15-16-17-18-20(25)27-22(2,19-24)21(23)26/h21,24,26H,3-19,23H2,1-2H3. The lowest BCUT2D eigenvalue weighted by Gasteiger charge is -2.29. The molecular formula is C22H45NO4. The molecule has 0 saturated heterocycles. The van der Waals surface area contributed by atoms with E-state index in [0.717, 1.165) is 19.3 Å². The van der Waals surface area contributed by atoms with E-state index < -0.39 is 24.4 Å². The largest absolute Gasteiger partial charge is 0.453 e. The van der Waals surface area contributed by atoms with Crippen molar-refractivity contribution < 1.29 is 19.7 Å². The van der Waals surface area contributed by atoms with Gasteiger partial charge in [0.15, 0.2) is 5.60 Å². The van der Waals surface area contributed by atoms with Gasteiger partial charge in [0.1, 0.15) is 6.23 Å². The van der Waals surface area contributed by atoms with E-state index in [9.17, 15) is 15.0 Å². The van der Waals surface area contributed by atoms with Gasteiger partial charge in [-0.25, -0.2) is 0 Å². The number of aliphatic hydroxyl groups excluding tert-OH is 2. The van der Waals surface area contributed by atoms with Crippen LogP contribution < -0.4 is 5.73 Å². The van der Waals surface area contributed by atoms with E-state index in [1.165, 1.54) is 84.0 Å². The molecule has 162 valence electrons. The molecule has 4 N–H and O–H groups in total. The Morgan fingerprint density at radius 2 is 1.22 bits per heavy atom. The quantitative estimate of drug-likeness (QED) is 0.168. The average molecular weight is 388 g/mol. The van der Waals surface area contributed by atoms with Crippen molar-refractivity contribution in [3.63, 3.8) is 0 Å². The van der Waals surface area contributed by atoms with Crippen LogP contribution in [0.5, 0.6) is 0 Å². The maximum absolute atomic E-state index is 11.8. The molecule has 0 radical (unpaired) electrons. The second-order valence-corrected chi connectivity index (χ2v) is 8.09. The summed E-state index contributed by atoms with van der Waals surface area (Å²) in [7, 11) is 0. The first-order chi connectivity index (χ1) is 13.0. The fraction of sp³-hybridized carbons (Fsp3) is 0.955. The number of hydrogen-bond donors (Lipinski definition) is 3. The first kappa shape index (κ1) is 26.4. The Bertz CT molecular complexity index is 349. The lowest BCUT2D eigenvalue weighted by Crippen LogP contribution is -2.51. The van der Waals surface area contributed by atoms with Crippen LogP contribution in [0, 0.1) is 0 Å². The molecule has 0 aliphatic heterocycles. The summed E-state index contributed by atoms with van der Waals surface area (Å²) < 4.78 is 5.10. The molecule has 0 rings (SSSR count). The first-order valence-corrected chi connectivity index (χ1v) is 11.2. The molecule has 0 spiro atoms. The van der Waals surface area contributed by atoms with Crippen LogP contribution in [-0.4, -0.2) is 34.6 Å². The molecule has 0 fully saturated rings. The third-order valence-corrected chi connectivity index (χ3v) is 5.27. The first-order valence-electron chi connectivity index (χ1n) is 11.2. The molecule has 5 nitrogen and oxygen atoms in total. The highest BCUT2D eigenvalue weighted by molar-refractivity contribution is 5.69. The van der Waals surface area contributed by atoms with Crippen LogP contribution in [0.3, 0.4) is 0 Å². The van der Waals surface area contributed by atoms with Gasteiger partial charge in [-0.05, 0) is 13.3 Å². The van der Waals surface area contributed by atoms with E-state index in [1.54, 1.807) is 0 Å². The Labute approximate surface area is 167 Å². The Hall–Kier alpha value is -0.650. The number of aliphatic hydroxyl groups is 2.